The number of hydrogen-bond donors (Lipinski definition) is 2. The van der Waals surface area contributed by atoms with Gasteiger partial charge in [-0.15, -0.1) is 0 Å². The Morgan fingerprint density at radius 2 is 1.78 bits per heavy atom. The van der Waals surface area contributed by atoms with E-state index in [2.05, 4.69) is 0 Å². The summed E-state index contributed by atoms with van der Waals surface area (Å²) in [6, 6.07) is 6.13. The van der Waals surface area contributed by atoms with Crippen molar-refractivity contribution in [2.75, 3.05) is 0 Å². The summed E-state index contributed by atoms with van der Waals surface area (Å²) in [5.41, 5.74) is 7.10. The molecule has 1 unspecified atom stereocenters. The first-order valence-corrected chi connectivity index (χ1v) is 6.32. The Labute approximate surface area is 106 Å². The predicted octanol–water partition coefficient (Wildman–Crippen LogP) is 2.72. The number of rotatable bonds is 3. The normalized spacial score (nSPS) is 25.7. The monoisotopic (exact) mass is 251 g/mol. The summed E-state index contributed by atoms with van der Waals surface area (Å²) in [6.45, 7) is 0. The number of hydrogen-bond acceptors (Lipinski definition) is 2. The molecule has 3 nitrogen and oxygen atoms in total. The Bertz CT molecular complexity index is 410. The average Bonchev–Trinajstić information content (AvgIpc) is 2.39. The van der Waals surface area contributed by atoms with Crippen molar-refractivity contribution in [2.45, 2.75) is 31.7 Å². The maximum absolute atomic E-state index is 12.8. The molecule has 1 aliphatic rings. The predicted molar refractivity (Wildman–Crippen MR) is 66.4 cm³/mol. The van der Waals surface area contributed by atoms with Crippen LogP contribution < -0.4 is 5.73 Å². The molecule has 1 atom stereocenters. The van der Waals surface area contributed by atoms with E-state index < -0.39 is 5.97 Å². The first-order chi connectivity index (χ1) is 8.58. The van der Waals surface area contributed by atoms with Gasteiger partial charge in [-0.25, -0.2) is 4.39 Å². The number of halogens is 1. The van der Waals surface area contributed by atoms with Crippen molar-refractivity contribution in [1.29, 1.82) is 0 Å². The molecule has 0 spiro atoms. The number of carboxylic acids is 1. The second-order valence-electron chi connectivity index (χ2n) is 5.03. The molecule has 0 aliphatic heterocycles. The van der Waals surface area contributed by atoms with Crippen LogP contribution in [0.2, 0.25) is 0 Å². The van der Waals surface area contributed by atoms with Crippen molar-refractivity contribution < 1.29 is 14.3 Å². The summed E-state index contributed by atoms with van der Waals surface area (Å²) in [5, 5.41) is 8.94. The fraction of sp³-hybridized carbons (Fsp3) is 0.500. The van der Waals surface area contributed by atoms with Gasteiger partial charge in [-0.05, 0) is 49.3 Å². The van der Waals surface area contributed by atoms with E-state index in [1.165, 1.54) is 12.1 Å². The molecule has 3 N–H and O–H groups in total. The fourth-order valence-electron chi connectivity index (χ4n) is 2.68. The lowest BCUT2D eigenvalue weighted by atomic mass is 9.77. The first kappa shape index (κ1) is 13.0. The lowest BCUT2D eigenvalue weighted by Gasteiger charge is -2.30. The molecule has 1 saturated carbocycles. The molecule has 1 fully saturated rings. The van der Waals surface area contributed by atoms with Crippen LogP contribution in [0.5, 0.6) is 0 Å². The van der Waals surface area contributed by atoms with Crippen LogP contribution in [0, 0.1) is 17.7 Å². The lowest BCUT2D eigenvalue weighted by molar-refractivity contribution is -0.143. The van der Waals surface area contributed by atoms with E-state index in [-0.39, 0.29) is 17.8 Å². The van der Waals surface area contributed by atoms with Gasteiger partial charge in [0.05, 0.1) is 5.92 Å². The zero-order valence-electron chi connectivity index (χ0n) is 10.2. The highest BCUT2D eigenvalue weighted by Crippen LogP contribution is 2.35. The van der Waals surface area contributed by atoms with Gasteiger partial charge >= 0.3 is 5.97 Å². The molecule has 0 bridgehead atoms. The summed E-state index contributed by atoms with van der Waals surface area (Å²) >= 11 is 0. The molecule has 0 saturated heterocycles. The third-order valence-electron chi connectivity index (χ3n) is 3.88. The van der Waals surface area contributed by atoms with E-state index in [1.807, 2.05) is 0 Å². The van der Waals surface area contributed by atoms with Crippen molar-refractivity contribution in [2.24, 2.45) is 17.6 Å². The molecule has 0 heterocycles. The number of nitrogens with two attached hydrogens (primary N) is 1. The third-order valence-corrected chi connectivity index (χ3v) is 3.88. The van der Waals surface area contributed by atoms with Crippen molar-refractivity contribution in [1.82, 2.24) is 0 Å². The van der Waals surface area contributed by atoms with Gasteiger partial charge in [0.25, 0.3) is 0 Å². The molecule has 1 aliphatic carbocycles. The van der Waals surface area contributed by atoms with E-state index in [4.69, 9.17) is 10.8 Å². The van der Waals surface area contributed by atoms with Crippen LogP contribution in [0.3, 0.4) is 0 Å². The topological polar surface area (TPSA) is 63.3 Å². The summed E-state index contributed by atoms with van der Waals surface area (Å²) in [5.74, 6) is -0.892. The van der Waals surface area contributed by atoms with E-state index in [0.29, 0.717) is 18.8 Å². The van der Waals surface area contributed by atoms with Gasteiger partial charge in [-0.1, -0.05) is 12.1 Å². The number of aliphatic carboxylic acids is 1. The fourth-order valence-corrected chi connectivity index (χ4v) is 2.68. The Hall–Kier alpha value is -1.42. The quantitative estimate of drug-likeness (QED) is 0.868. The molecular formula is C14H18FNO2. The van der Waals surface area contributed by atoms with Crippen LogP contribution in [0.1, 0.15) is 37.3 Å². The van der Waals surface area contributed by atoms with Gasteiger partial charge in [0.2, 0.25) is 0 Å². The van der Waals surface area contributed by atoms with Gasteiger partial charge < -0.3 is 10.8 Å². The number of carbonyl (C=O) groups is 1. The lowest BCUT2D eigenvalue weighted by Crippen LogP contribution is -2.28. The highest BCUT2D eigenvalue weighted by molar-refractivity contribution is 5.70. The highest BCUT2D eigenvalue weighted by Gasteiger charge is 2.29. The van der Waals surface area contributed by atoms with Crippen molar-refractivity contribution >= 4 is 5.97 Å². The molecule has 0 radical (unpaired) electrons. The summed E-state index contributed by atoms with van der Waals surface area (Å²) < 4.78 is 12.8. The van der Waals surface area contributed by atoms with Gasteiger partial charge in [0.15, 0.2) is 0 Å². The Morgan fingerprint density at radius 3 is 2.28 bits per heavy atom. The van der Waals surface area contributed by atoms with Crippen LogP contribution in [-0.2, 0) is 4.79 Å². The average molecular weight is 251 g/mol. The van der Waals surface area contributed by atoms with Gasteiger partial charge in [0, 0.05) is 6.04 Å². The molecule has 1 aromatic rings. The van der Waals surface area contributed by atoms with Crippen LogP contribution in [0.4, 0.5) is 4.39 Å². The Balaban J connectivity index is 1.97. The molecule has 1 aromatic carbocycles. The van der Waals surface area contributed by atoms with Crippen molar-refractivity contribution in [3.63, 3.8) is 0 Å². The minimum absolute atomic E-state index is 0.125. The van der Waals surface area contributed by atoms with Gasteiger partial charge in [0.1, 0.15) is 5.82 Å². The minimum Gasteiger partial charge on any atom is -0.481 e. The molecule has 2 rings (SSSR count). The van der Waals surface area contributed by atoms with Gasteiger partial charge in [-0.3, -0.25) is 4.79 Å². The van der Waals surface area contributed by atoms with E-state index in [1.54, 1.807) is 12.1 Å². The molecular weight excluding hydrogens is 233 g/mol. The SMILES string of the molecule is NC(c1ccc(F)cc1)C1CCC(C(=O)O)CC1. The van der Waals surface area contributed by atoms with E-state index in [9.17, 15) is 9.18 Å². The van der Waals surface area contributed by atoms with Crippen LogP contribution in [-0.4, -0.2) is 11.1 Å². The molecule has 0 aromatic heterocycles. The minimum atomic E-state index is -0.705. The van der Waals surface area contributed by atoms with E-state index >= 15 is 0 Å². The van der Waals surface area contributed by atoms with Crippen LogP contribution >= 0.6 is 0 Å². The summed E-state index contributed by atoms with van der Waals surface area (Å²) in [7, 11) is 0. The Morgan fingerprint density at radius 1 is 1.22 bits per heavy atom. The van der Waals surface area contributed by atoms with Crippen molar-refractivity contribution in [3.05, 3.63) is 35.6 Å². The first-order valence-electron chi connectivity index (χ1n) is 6.32. The smallest absolute Gasteiger partial charge is 0.306 e. The second-order valence-corrected chi connectivity index (χ2v) is 5.03. The molecule has 4 heteroatoms. The number of benzene rings is 1. The highest BCUT2D eigenvalue weighted by atomic mass is 19.1. The summed E-state index contributed by atoms with van der Waals surface area (Å²) in [6.07, 6.45) is 3.04. The van der Waals surface area contributed by atoms with E-state index in [0.717, 1.165) is 18.4 Å². The van der Waals surface area contributed by atoms with Crippen LogP contribution in [0.15, 0.2) is 24.3 Å². The molecule has 98 valence electrons. The molecule has 18 heavy (non-hydrogen) atoms. The summed E-state index contributed by atoms with van der Waals surface area (Å²) in [4.78, 5) is 10.9. The second kappa shape index (κ2) is 5.48. The largest absolute Gasteiger partial charge is 0.481 e. The standard InChI is InChI=1S/C14H18FNO2/c15-12-7-5-10(6-8-12)13(16)9-1-3-11(4-2-9)14(17)18/h5-9,11,13H,1-4,16H2,(H,17,18). The maximum atomic E-state index is 12.8. The van der Waals surface area contributed by atoms with Crippen molar-refractivity contribution in [3.8, 4) is 0 Å². The maximum Gasteiger partial charge on any atom is 0.306 e. The zero-order chi connectivity index (χ0) is 13.1. The molecule has 0 amide bonds. The third kappa shape index (κ3) is 2.88. The van der Waals surface area contributed by atoms with Crippen LogP contribution in [0.25, 0.3) is 0 Å². The van der Waals surface area contributed by atoms with Gasteiger partial charge in [-0.2, -0.15) is 0 Å². The Kier molecular flexibility index (Phi) is 3.97. The number of carboxylic acid groups (broad SMARTS) is 1. The zero-order valence-corrected chi connectivity index (χ0v) is 10.2.